The average molecular weight is 383 g/mol. The summed E-state index contributed by atoms with van der Waals surface area (Å²) in [4.78, 5) is 12.9. The summed E-state index contributed by atoms with van der Waals surface area (Å²) in [6.45, 7) is 9.02. The Balaban J connectivity index is 1.62. The summed E-state index contributed by atoms with van der Waals surface area (Å²) in [5.41, 5.74) is 3.34. The van der Waals surface area contributed by atoms with Crippen molar-refractivity contribution in [2.75, 3.05) is 39.4 Å². The average Bonchev–Trinajstić information content (AvgIpc) is 2.99. The molecule has 1 aliphatic rings. The number of nitrogens with one attached hydrogen (secondary N) is 2. The van der Waals surface area contributed by atoms with Gasteiger partial charge in [-0.2, -0.15) is 0 Å². The fraction of sp³-hybridized carbons (Fsp3) is 0.435. The molecule has 0 atom stereocenters. The predicted octanol–water partition coefficient (Wildman–Crippen LogP) is 3.65. The standard InChI is InChI=1S/C23H30N2O3/c1-3-9-24-11-13-27-17-5-7-19-20-8-6-18(28-14-12-25-10-4-2)16-22(20)23(26)21(19)15-17/h5-8,15-16,24-25H,3-4,9-14H2,1-2H3. The third-order valence-electron chi connectivity index (χ3n) is 4.71. The van der Waals surface area contributed by atoms with Gasteiger partial charge >= 0.3 is 0 Å². The number of hydrogen-bond donors (Lipinski definition) is 2. The molecule has 1 aliphatic carbocycles. The third kappa shape index (κ3) is 4.91. The molecule has 0 heterocycles. The van der Waals surface area contributed by atoms with Gasteiger partial charge < -0.3 is 20.1 Å². The SMILES string of the molecule is CCCNCCOc1ccc2c(c1)C(=O)c1cc(OCCNCCC)ccc1-2. The molecule has 5 nitrogen and oxygen atoms in total. The molecule has 2 aromatic rings. The largest absolute Gasteiger partial charge is 0.492 e. The lowest BCUT2D eigenvalue weighted by molar-refractivity contribution is 0.104. The monoisotopic (exact) mass is 382 g/mol. The molecule has 2 aromatic carbocycles. The van der Waals surface area contributed by atoms with Gasteiger partial charge in [0.15, 0.2) is 5.78 Å². The highest BCUT2D eigenvalue weighted by Gasteiger charge is 2.27. The minimum absolute atomic E-state index is 0.0362. The fourth-order valence-corrected chi connectivity index (χ4v) is 3.30. The van der Waals surface area contributed by atoms with Crippen LogP contribution in [0.1, 0.15) is 42.6 Å². The molecule has 3 rings (SSSR count). The van der Waals surface area contributed by atoms with Crippen LogP contribution in [0.3, 0.4) is 0 Å². The van der Waals surface area contributed by atoms with Crippen LogP contribution in [0, 0.1) is 0 Å². The summed E-state index contributed by atoms with van der Waals surface area (Å²) >= 11 is 0. The molecule has 0 saturated carbocycles. The molecule has 0 saturated heterocycles. The fourth-order valence-electron chi connectivity index (χ4n) is 3.30. The molecule has 5 heteroatoms. The van der Waals surface area contributed by atoms with E-state index in [0.717, 1.165) is 61.6 Å². The summed E-state index contributed by atoms with van der Waals surface area (Å²) in [6, 6.07) is 11.5. The number of hydrogen-bond acceptors (Lipinski definition) is 5. The Morgan fingerprint density at radius 2 is 1.14 bits per heavy atom. The minimum Gasteiger partial charge on any atom is -0.492 e. The second-order valence-corrected chi connectivity index (χ2v) is 6.94. The van der Waals surface area contributed by atoms with E-state index in [4.69, 9.17) is 9.47 Å². The van der Waals surface area contributed by atoms with E-state index < -0.39 is 0 Å². The van der Waals surface area contributed by atoms with Crippen molar-refractivity contribution in [3.8, 4) is 22.6 Å². The van der Waals surface area contributed by atoms with Crippen LogP contribution < -0.4 is 20.1 Å². The summed E-state index contributed by atoms with van der Waals surface area (Å²) in [5.74, 6) is 1.50. The van der Waals surface area contributed by atoms with Crippen molar-refractivity contribution in [2.24, 2.45) is 0 Å². The molecule has 0 radical (unpaired) electrons. The van der Waals surface area contributed by atoms with E-state index in [1.165, 1.54) is 0 Å². The lowest BCUT2D eigenvalue weighted by atomic mass is 10.1. The quantitative estimate of drug-likeness (QED) is 0.468. The lowest BCUT2D eigenvalue weighted by Gasteiger charge is -2.09. The number of carbonyl (C=O) groups excluding carboxylic acids is 1. The van der Waals surface area contributed by atoms with Crippen molar-refractivity contribution < 1.29 is 14.3 Å². The molecule has 0 fully saturated rings. The van der Waals surface area contributed by atoms with Crippen LogP contribution >= 0.6 is 0 Å². The molecule has 0 aromatic heterocycles. The Morgan fingerprint density at radius 1 is 0.679 bits per heavy atom. The van der Waals surface area contributed by atoms with Gasteiger partial charge in [-0.1, -0.05) is 13.8 Å². The van der Waals surface area contributed by atoms with Gasteiger partial charge in [-0.05, 0) is 73.5 Å². The van der Waals surface area contributed by atoms with Crippen molar-refractivity contribution in [3.63, 3.8) is 0 Å². The smallest absolute Gasteiger partial charge is 0.194 e. The van der Waals surface area contributed by atoms with E-state index in [2.05, 4.69) is 24.5 Å². The first-order valence-electron chi connectivity index (χ1n) is 10.2. The van der Waals surface area contributed by atoms with Gasteiger partial charge in [0.2, 0.25) is 0 Å². The van der Waals surface area contributed by atoms with Crippen LogP contribution in [0.15, 0.2) is 36.4 Å². The maximum atomic E-state index is 12.9. The van der Waals surface area contributed by atoms with E-state index in [-0.39, 0.29) is 5.78 Å². The summed E-state index contributed by atoms with van der Waals surface area (Å²) < 4.78 is 11.6. The minimum atomic E-state index is 0.0362. The maximum Gasteiger partial charge on any atom is 0.194 e. The van der Waals surface area contributed by atoms with Crippen LogP contribution in [0.25, 0.3) is 11.1 Å². The van der Waals surface area contributed by atoms with E-state index in [0.29, 0.717) is 24.3 Å². The van der Waals surface area contributed by atoms with E-state index >= 15 is 0 Å². The van der Waals surface area contributed by atoms with Gasteiger partial charge in [-0.25, -0.2) is 0 Å². The Hall–Kier alpha value is -2.37. The number of rotatable bonds is 12. The molecular weight excluding hydrogens is 352 g/mol. The lowest BCUT2D eigenvalue weighted by Crippen LogP contribution is -2.21. The van der Waals surface area contributed by atoms with E-state index in [9.17, 15) is 4.79 Å². The molecule has 0 amide bonds. The Kier molecular flexibility index (Phi) is 7.46. The predicted molar refractivity (Wildman–Crippen MR) is 113 cm³/mol. The highest BCUT2D eigenvalue weighted by molar-refractivity contribution is 6.22. The van der Waals surface area contributed by atoms with Crippen LogP contribution in [0.4, 0.5) is 0 Å². The summed E-state index contributed by atoms with van der Waals surface area (Å²) in [7, 11) is 0. The number of carbonyl (C=O) groups is 1. The third-order valence-corrected chi connectivity index (χ3v) is 4.71. The zero-order valence-electron chi connectivity index (χ0n) is 16.8. The van der Waals surface area contributed by atoms with Crippen molar-refractivity contribution in [1.82, 2.24) is 10.6 Å². The van der Waals surface area contributed by atoms with Gasteiger partial charge in [-0.15, -0.1) is 0 Å². The first kappa shape index (κ1) is 20.4. The Morgan fingerprint density at radius 3 is 1.57 bits per heavy atom. The molecule has 0 bridgehead atoms. The maximum absolute atomic E-state index is 12.9. The number of ether oxygens (including phenoxy) is 2. The summed E-state index contributed by atoms with van der Waals surface area (Å²) in [5, 5.41) is 6.61. The topological polar surface area (TPSA) is 59.6 Å². The Bertz CT molecular complexity index is 739. The van der Waals surface area contributed by atoms with Crippen molar-refractivity contribution >= 4 is 5.78 Å². The Labute approximate surface area is 167 Å². The van der Waals surface area contributed by atoms with Crippen molar-refractivity contribution in [2.45, 2.75) is 26.7 Å². The van der Waals surface area contributed by atoms with Gasteiger partial charge in [0.25, 0.3) is 0 Å². The number of ketones is 1. The molecule has 0 spiro atoms. The molecule has 28 heavy (non-hydrogen) atoms. The molecule has 0 aliphatic heterocycles. The molecular formula is C23H30N2O3. The van der Waals surface area contributed by atoms with Gasteiger partial charge in [0.05, 0.1) is 0 Å². The zero-order valence-corrected chi connectivity index (χ0v) is 16.8. The highest BCUT2D eigenvalue weighted by atomic mass is 16.5. The van der Waals surface area contributed by atoms with Gasteiger partial charge in [0.1, 0.15) is 24.7 Å². The molecule has 0 unspecified atom stereocenters. The molecule has 150 valence electrons. The van der Waals surface area contributed by atoms with Crippen LogP contribution in [-0.2, 0) is 0 Å². The number of benzene rings is 2. The van der Waals surface area contributed by atoms with Crippen molar-refractivity contribution in [1.29, 1.82) is 0 Å². The van der Waals surface area contributed by atoms with Crippen molar-refractivity contribution in [3.05, 3.63) is 47.5 Å². The molecule has 2 N–H and O–H groups in total. The van der Waals surface area contributed by atoms with Crippen LogP contribution in [0.2, 0.25) is 0 Å². The second-order valence-electron chi connectivity index (χ2n) is 6.94. The van der Waals surface area contributed by atoms with Gasteiger partial charge in [-0.3, -0.25) is 4.79 Å². The highest BCUT2D eigenvalue weighted by Crippen LogP contribution is 2.39. The summed E-state index contributed by atoms with van der Waals surface area (Å²) in [6.07, 6.45) is 2.21. The van der Waals surface area contributed by atoms with Crippen LogP contribution in [0.5, 0.6) is 11.5 Å². The van der Waals surface area contributed by atoms with E-state index in [1.807, 2.05) is 36.4 Å². The normalized spacial score (nSPS) is 12.0. The van der Waals surface area contributed by atoms with Crippen LogP contribution in [-0.4, -0.2) is 45.2 Å². The van der Waals surface area contributed by atoms with E-state index in [1.54, 1.807) is 0 Å². The first-order valence-corrected chi connectivity index (χ1v) is 10.2. The number of fused-ring (bicyclic) bond motifs is 3. The first-order chi connectivity index (χ1) is 13.7. The van der Waals surface area contributed by atoms with Gasteiger partial charge in [0, 0.05) is 24.2 Å². The zero-order chi connectivity index (χ0) is 19.8. The second kappa shape index (κ2) is 10.2.